The summed E-state index contributed by atoms with van der Waals surface area (Å²) in [6.45, 7) is 13.2. The molecule has 0 radical (unpaired) electrons. The zero-order valence-corrected chi connectivity index (χ0v) is 14.3. The number of alkyl halides is 1. The van der Waals surface area contributed by atoms with Gasteiger partial charge in [0.15, 0.2) is 0 Å². The van der Waals surface area contributed by atoms with Crippen LogP contribution in [0.3, 0.4) is 0 Å². The van der Waals surface area contributed by atoms with Crippen LogP contribution in [0.5, 0.6) is 5.75 Å². The second-order valence-corrected chi connectivity index (χ2v) is 7.95. The molecule has 2 heteroatoms. The molecule has 0 heterocycles. The van der Waals surface area contributed by atoms with Crippen LogP contribution in [0.15, 0.2) is 18.2 Å². The Bertz CT molecular complexity index is 489. The van der Waals surface area contributed by atoms with E-state index in [1.807, 2.05) is 0 Å². The molecule has 1 aromatic carbocycles. The highest BCUT2D eigenvalue weighted by Crippen LogP contribution is 2.50. The molecular formula is C18H27ClO. The summed E-state index contributed by atoms with van der Waals surface area (Å²) in [6.07, 6.45) is 2.24. The van der Waals surface area contributed by atoms with E-state index in [2.05, 4.69) is 59.7 Å². The van der Waals surface area contributed by atoms with Gasteiger partial charge in [0.1, 0.15) is 11.9 Å². The Morgan fingerprint density at radius 1 is 1.35 bits per heavy atom. The zero-order chi connectivity index (χ0) is 15.1. The molecule has 1 aromatic rings. The van der Waals surface area contributed by atoms with Crippen molar-refractivity contribution in [3.63, 3.8) is 0 Å². The quantitative estimate of drug-likeness (QED) is 0.672. The SMILES string of the molecule is CCC1(C)C(Cl)CC1Oc1cc(C)ccc1C(C)(C)C. The summed E-state index contributed by atoms with van der Waals surface area (Å²) >= 11 is 6.40. The normalized spacial score (nSPS) is 29.9. The lowest BCUT2D eigenvalue weighted by atomic mass is 9.65. The van der Waals surface area contributed by atoms with Crippen molar-refractivity contribution in [3.05, 3.63) is 29.3 Å². The Hall–Kier alpha value is -0.690. The second kappa shape index (κ2) is 5.26. The minimum absolute atomic E-state index is 0.0930. The van der Waals surface area contributed by atoms with Gasteiger partial charge < -0.3 is 4.74 Å². The van der Waals surface area contributed by atoms with Crippen molar-refractivity contribution in [1.82, 2.24) is 0 Å². The van der Waals surface area contributed by atoms with Gasteiger partial charge in [0.25, 0.3) is 0 Å². The Balaban J connectivity index is 2.28. The molecule has 0 aliphatic heterocycles. The number of hydrogen-bond acceptors (Lipinski definition) is 1. The van der Waals surface area contributed by atoms with Crippen LogP contribution >= 0.6 is 11.6 Å². The summed E-state index contributed by atoms with van der Waals surface area (Å²) in [6, 6.07) is 6.53. The highest BCUT2D eigenvalue weighted by atomic mass is 35.5. The molecule has 20 heavy (non-hydrogen) atoms. The highest BCUT2D eigenvalue weighted by Gasteiger charge is 2.51. The number of benzene rings is 1. The van der Waals surface area contributed by atoms with E-state index in [9.17, 15) is 0 Å². The Labute approximate surface area is 128 Å². The van der Waals surface area contributed by atoms with Crippen LogP contribution in [-0.4, -0.2) is 11.5 Å². The van der Waals surface area contributed by atoms with Crippen molar-refractivity contribution in [2.45, 2.75) is 71.3 Å². The van der Waals surface area contributed by atoms with Crippen molar-refractivity contribution in [3.8, 4) is 5.75 Å². The number of ether oxygens (including phenoxy) is 1. The first-order valence-corrected chi connectivity index (χ1v) is 8.04. The van der Waals surface area contributed by atoms with E-state index in [1.165, 1.54) is 11.1 Å². The molecule has 3 unspecified atom stereocenters. The number of halogens is 1. The fraction of sp³-hybridized carbons (Fsp3) is 0.667. The molecular weight excluding hydrogens is 268 g/mol. The molecule has 0 N–H and O–H groups in total. The van der Waals surface area contributed by atoms with E-state index in [0.717, 1.165) is 18.6 Å². The lowest BCUT2D eigenvalue weighted by Crippen LogP contribution is -2.55. The average Bonchev–Trinajstić information content (AvgIpc) is 2.36. The van der Waals surface area contributed by atoms with Crippen LogP contribution in [0.1, 0.15) is 58.6 Å². The molecule has 1 saturated carbocycles. The summed E-state index contributed by atoms with van der Waals surface area (Å²) < 4.78 is 6.38. The van der Waals surface area contributed by atoms with Crippen LogP contribution in [0.25, 0.3) is 0 Å². The van der Waals surface area contributed by atoms with Gasteiger partial charge in [0.05, 0.1) is 0 Å². The van der Waals surface area contributed by atoms with E-state index >= 15 is 0 Å². The van der Waals surface area contributed by atoms with E-state index < -0.39 is 0 Å². The molecule has 1 fully saturated rings. The monoisotopic (exact) mass is 294 g/mol. The highest BCUT2D eigenvalue weighted by molar-refractivity contribution is 6.21. The Kier molecular flexibility index (Phi) is 4.12. The van der Waals surface area contributed by atoms with Crippen molar-refractivity contribution >= 4 is 11.6 Å². The average molecular weight is 295 g/mol. The lowest BCUT2D eigenvalue weighted by molar-refractivity contribution is -0.0304. The van der Waals surface area contributed by atoms with Crippen LogP contribution in [0, 0.1) is 12.3 Å². The molecule has 0 saturated heterocycles. The van der Waals surface area contributed by atoms with Crippen molar-refractivity contribution in [2.75, 3.05) is 0 Å². The largest absolute Gasteiger partial charge is 0.489 e. The molecule has 3 atom stereocenters. The van der Waals surface area contributed by atoms with Crippen molar-refractivity contribution in [2.24, 2.45) is 5.41 Å². The van der Waals surface area contributed by atoms with E-state index in [0.29, 0.717) is 0 Å². The van der Waals surface area contributed by atoms with Crippen molar-refractivity contribution in [1.29, 1.82) is 0 Å². The number of rotatable bonds is 3. The van der Waals surface area contributed by atoms with Crippen LogP contribution < -0.4 is 4.74 Å². The summed E-state index contributed by atoms with van der Waals surface area (Å²) in [5, 5.41) is 0.236. The van der Waals surface area contributed by atoms with Crippen molar-refractivity contribution < 1.29 is 4.74 Å². The van der Waals surface area contributed by atoms with Gasteiger partial charge >= 0.3 is 0 Å². The smallest absolute Gasteiger partial charge is 0.123 e. The Morgan fingerprint density at radius 3 is 2.50 bits per heavy atom. The Morgan fingerprint density at radius 2 is 2.00 bits per heavy atom. The zero-order valence-electron chi connectivity index (χ0n) is 13.6. The second-order valence-electron chi connectivity index (χ2n) is 7.42. The van der Waals surface area contributed by atoms with Gasteiger partial charge in [0, 0.05) is 17.2 Å². The van der Waals surface area contributed by atoms with Gasteiger partial charge in [-0.3, -0.25) is 0 Å². The van der Waals surface area contributed by atoms with Gasteiger partial charge in [-0.25, -0.2) is 0 Å². The molecule has 0 amide bonds. The third kappa shape index (κ3) is 2.70. The van der Waals surface area contributed by atoms with Gasteiger partial charge in [-0.15, -0.1) is 11.6 Å². The minimum atomic E-state index is 0.0930. The fourth-order valence-electron chi connectivity index (χ4n) is 2.90. The molecule has 1 nitrogen and oxygen atoms in total. The molecule has 112 valence electrons. The molecule has 1 aliphatic carbocycles. The molecule has 0 bridgehead atoms. The van der Waals surface area contributed by atoms with E-state index in [4.69, 9.17) is 16.3 Å². The summed E-state index contributed by atoms with van der Waals surface area (Å²) in [4.78, 5) is 0. The van der Waals surface area contributed by atoms with Gasteiger partial charge in [-0.05, 0) is 36.0 Å². The molecule has 0 aromatic heterocycles. The fourth-order valence-corrected chi connectivity index (χ4v) is 3.36. The lowest BCUT2D eigenvalue weighted by Gasteiger charge is -2.50. The molecule has 0 spiro atoms. The van der Waals surface area contributed by atoms with Gasteiger partial charge in [-0.1, -0.05) is 46.8 Å². The van der Waals surface area contributed by atoms with Crippen LogP contribution in [0.2, 0.25) is 0 Å². The third-order valence-electron chi connectivity index (χ3n) is 4.85. The summed E-state index contributed by atoms with van der Waals surface area (Å²) in [5.41, 5.74) is 2.71. The van der Waals surface area contributed by atoms with E-state index in [1.54, 1.807) is 0 Å². The number of hydrogen-bond donors (Lipinski definition) is 0. The first-order chi connectivity index (χ1) is 9.18. The summed E-state index contributed by atoms with van der Waals surface area (Å²) in [7, 11) is 0. The summed E-state index contributed by atoms with van der Waals surface area (Å²) in [5.74, 6) is 1.03. The van der Waals surface area contributed by atoms with Crippen LogP contribution in [-0.2, 0) is 5.41 Å². The van der Waals surface area contributed by atoms with Crippen LogP contribution in [0.4, 0.5) is 0 Å². The predicted molar refractivity (Wildman–Crippen MR) is 87.0 cm³/mol. The predicted octanol–water partition coefficient (Wildman–Crippen LogP) is 5.47. The molecule has 2 rings (SSSR count). The third-order valence-corrected chi connectivity index (χ3v) is 5.52. The maximum absolute atomic E-state index is 6.40. The first-order valence-electron chi connectivity index (χ1n) is 7.60. The maximum Gasteiger partial charge on any atom is 0.123 e. The maximum atomic E-state index is 6.40. The topological polar surface area (TPSA) is 9.23 Å². The first kappa shape index (κ1) is 15.7. The number of aryl methyl sites for hydroxylation is 1. The minimum Gasteiger partial charge on any atom is -0.489 e. The van der Waals surface area contributed by atoms with E-state index in [-0.39, 0.29) is 22.3 Å². The van der Waals surface area contributed by atoms with Gasteiger partial charge in [-0.2, -0.15) is 0 Å². The molecule has 1 aliphatic rings. The van der Waals surface area contributed by atoms with Gasteiger partial charge in [0.2, 0.25) is 0 Å². The standard InChI is InChI=1S/C18H27ClO/c1-7-18(6)15(19)11-16(18)20-14-10-12(2)8-9-13(14)17(3,4)5/h8-10,15-16H,7,11H2,1-6H3.